The van der Waals surface area contributed by atoms with E-state index in [1.807, 2.05) is 18.2 Å². The second kappa shape index (κ2) is 6.39. The first-order valence-corrected chi connectivity index (χ1v) is 9.58. The Bertz CT molecular complexity index is 1250. The Morgan fingerprint density at radius 1 is 1.00 bits per heavy atom. The lowest BCUT2D eigenvalue weighted by Crippen LogP contribution is -2.50. The number of amides is 1. The highest BCUT2D eigenvalue weighted by molar-refractivity contribution is 6.31. The van der Waals surface area contributed by atoms with Gasteiger partial charge in [-0.1, -0.05) is 48.0 Å². The van der Waals surface area contributed by atoms with E-state index in [1.54, 1.807) is 49.4 Å². The van der Waals surface area contributed by atoms with Crippen LogP contribution in [0.25, 0.3) is 17.2 Å². The largest absolute Gasteiger partial charge is 0.294 e. The van der Waals surface area contributed by atoms with Gasteiger partial charge in [0.2, 0.25) is 0 Å². The van der Waals surface area contributed by atoms with Crippen molar-refractivity contribution in [3.05, 3.63) is 93.8 Å². The first kappa shape index (κ1) is 17.8. The summed E-state index contributed by atoms with van der Waals surface area (Å²) in [7, 11) is 0. The molecule has 0 saturated carbocycles. The van der Waals surface area contributed by atoms with Gasteiger partial charge >= 0.3 is 0 Å². The number of aryl methyl sites for hydroxylation is 1. The summed E-state index contributed by atoms with van der Waals surface area (Å²) in [5.74, 6) is -0.709. The highest BCUT2D eigenvalue weighted by Gasteiger charge is 2.42. The van der Waals surface area contributed by atoms with E-state index in [-0.39, 0.29) is 17.5 Å². The number of hydrogen-bond acceptors (Lipinski definition) is 2. The molecular weight excluding hydrogens is 389 g/mol. The zero-order valence-electron chi connectivity index (χ0n) is 15.4. The van der Waals surface area contributed by atoms with Crippen molar-refractivity contribution in [2.75, 3.05) is 4.90 Å². The van der Waals surface area contributed by atoms with Gasteiger partial charge in [-0.05, 0) is 59.5 Å². The molecule has 0 spiro atoms. The third kappa shape index (κ3) is 2.64. The molecular formula is C24H15ClFNO2. The normalized spacial score (nSPS) is 17.1. The summed E-state index contributed by atoms with van der Waals surface area (Å²) in [5, 5.41) is 0.483. The van der Waals surface area contributed by atoms with Gasteiger partial charge in [0.1, 0.15) is 11.9 Å². The van der Waals surface area contributed by atoms with Crippen LogP contribution in [0.1, 0.15) is 31.8 Å². The Morgan fingerprint density at radius 2 is 1.83 bits per heavy atom. The molecule has 0 N–H and O–H groups in total. The number of halogens is 2. The maximum Gasteiger partial charge on any atom is 0.260 e. The number of Topliss-reactive ketones (excluding diaryl/α,β-unsaturated/α-hetero) is 1. The van der Waals surface area contributed by atoms with Crippen molar-refractivity contribution >= 4 is 35.1 Å². The van der Waals surface area contributed by atoms with E-state index in [4.69, 9.17) is 11.6 Å². The van der Waals surface area contributed by atoms with Crippen molar-refractivity contribution in [2.45, 2.75) is 13.0 Å². The van der Waals surface area contributed by atoms with Gasteiger partial charge in [0.25, 0.3) is 5.91 Å². The summed E-state index contributed by atoms with van der Waals surface area (Å²) in [6, 6.07) is 14.6. The van der Waals surface area contributed by atoms with Gasteiger partial charge in [0.05, 0.1) is 5.56 Å². The first-order chi connectivity index (χ1) is 14.0. The molecule has 5 rings (SSSR count). The smallest absolute Gasteiger partial charge is 0.260 e. The minimum atomic E-state index is -0.703. The molecule has 29 heavy (non-hydrogen) atoms. The van der Waals surface area contributed by atoms with Gasteiger partial charge in [0.15, 0.2) is 5.78 Å². The number of fused-ring (bicyclic) bond motifs is 1. The third-order valence-electron chi connectivity index (χ3n) is 5.48. The van der Waals surface area contributed by atoms with Gasteiger partial charge in [-0.3, -0.25) is 14.5 Å². The molecule has 3 nitrogen and oxygen atoms in total. The summed E-state index contributed by atoms with van der Waals surface area (Å²) in [6.07, 6.45) is 3.61. The van der Waals surface area contributed by atoms with E-state index in [1.165, 1.54) is 11.0 Å². The fourth-order valence-corrected chi connectivity index (χ4v) is 4.27. The predicted molar refractivity (Wildman–Crippen MR) is 112 cm³/mol. The molecule has 3 aromatic carbocycles. The fraction of sp³-hybridized carbons (Fsp3) is 0.0833. The van der Waals surface area contributed by atoms with Gasteiger partial charge in [0, 0.05) is 16.3 Å². The highest BCUT2D eigenvalue weighted by atomic mass is 35.5. The number of carbonyl (C=O) groups excluding carboxylic acids is 2. The molecule has 0 aromatic heterocycles. The summed E-state index contributed by atoms with van der Waals surface area (Å²) in [5.41, 5.74) is 3.85. The Balaban J connectivity index is 1.77. The van der Waals surface area contributed by atoms with Gasteiger partial charge < -0.3 is 0 Å². The van der Waals surface area contributed by atoms with Crippen LogP contribution in [0.2, 0.25) is 5.02 Å². The Kier molecular flexibility index (Phi) is 3.93. The number of anilines is 1. The van der Waals surface area contributed by atoms with Gasteiger partial charge in [-0.15, -0.1) is 0 Å². The van der Waals surface area contributed by atoms with Crippen LogP contribution in [-0.2, 0) is 0 Å². The zero-order valence-corrected chi connectivity index (χ0v) is 16.2. The molecule has 0 radical (unpaired) electrons. The summed E-state index contributed by atoms with van der Waals surface area (Å²) in [4.78, 5) is 28.4. The van der Waals surface area contributed by atoms with Crippen LogP contribution in [0.3, 0.4) is 0 Å². The summed E-state index contributed by atoms with van der Waals surface area (Å²) < 4.78 is 13.8. The number of nitrogens with zero attached hydrogens (tertiary/aromatic N) is 1. The van der Waals surface area contributed by atoms with Crippen molar-refractivity contribution < 1.29 is 14.0 Å². The molecule has 2 aliphatic rings. The molecule has 142 valence electrons. The molecule has 0 saturated heterocycles. The molecule has 3 aromatic rings. The number of carbonyl (C=O) groups is 2. The second-order valence-electron chi connectivity index (χ2n) is 7.24. The number of ketones is 1. The van der Waals surface area contributed by atoms with Crippen LogP contribution in [0.15, 0.2) is 60.7 Å². The van der Waals surface area contributed by atoms with Crippen LogP contribution >= 0.6 is 11.6 Å². The minimum absolute atomic E-state index is 0.127. The van der Waals surface area contributed by atoms with Crippen molar-refractivity contribution in [3.63, 3.8) is 0 Å². The van der Waals surface area contributed by atoms with E-state index < -0.39 is 6.04 Å². The average Bonchev–Trinajstić information content (AvgIpc) is 2.70. The molecule has 2 bridgehead atoms. The lowest BCUT2D eigenvalue weighted by molar-refractivity contribution is 0.0885. The average molecular weight is 404 g/mol. The van der Waals surface area contributed by atoms with E-state index in [0.717, 1.165) is 5.56 Å². The number of benzene rings is 3. The quantitative estimate of drug-likeness (QED) is 0.551. The van der Waals surface area contributed by atoms with Crippen LogP contribution in [0.5, 0.6) is 0 Å². The van der Waals surface area contributed by atoms with E-state index in [0.29, 0.717) is 38.5 Å². The van der Waals surface area contributed by atoms with Crippen LogP contribution < -0.4 is 4.90 Å². The molecule has 1 heterocycles. The van der Waals surface area contributed by atoms with E-state index in [2.05, 4.69) is 0 Å². The lowest BCUT2D eigenvalue weighted by Gasteiger charge is -2.37. The number of rotatable bonds is 2. The Hall–Kier alpha value is -3.24. The van der Waals surface area contributed by atoms with Gasteiger partial charge in [-0.25, -0.2) is 4.39 Å². The molecule has 5 heteroatoms. The molecule has 1 aliphatic carbocycles. The SMILES string of the molecule is Cc1cc(-c2ccc3c4c2C(=O)N(c2cccc(Cl)c2)C(C=C3)C4=O)ccc1F. The molecule has 1 atom stereocenters. The third-order valence-corrected chi connectivity index (χ3v) is 5.71. The molecule has 1 amide bonds. The monoisotopic (exact) mass is 403 g/mol. The van der Waals surface area contributed by atoms with Crippen LogP contribution in [0.4, 0.5) is 10.1 Å². The van der Waals surface area contributed by atoms with E-state index >= 15 is 0 Å². The molecule has 0 fully saturated rings. The fourth-order valence-electron chi connectivity index (χ4n) is 4.08. The van der Waals surface area contributed by atoms with Crippen LogP contribution in [-0.4, -0.2) is 17.7 Å². The Labute approximate surface area is 172 Å². The predicted octanol–water partition coefficient (Wildman–Crippen LogP) is 5.69. The minimum Gasteiger partial charge on any atom is -0.294 e. The first-order valence-electron chi connectivity index (χ1n) is 9.21. The maximum absolute atomic E-state index is 13.8. The topological polar surface area (TPSA) is 37.4 Å². The van der Waals surface area contributed by atoms with Crippen LogP contribution in [0, 0.1) is 12.7 Å². The summed E-state index contributed by atoms with van der Waals surface area (Å²) in [6.45, 7) is 1.67. The highest BCUT2D eigenvalue weighted by Crippen LogP contribution is 2.40. The Morgan fingerprint density at radius 3 is 2.59 bits per heavy atom. The van der Waals surface area contributed by atoms with E-state index in [9.17, 15) is 14.0 Å². The molecule has 1 unspecified atom stereocenters. The van der Waals surface area contributed by atoms with Crippen molar-refractivity contribution in [2.24, 2.45) is 0 Å². The molecule has 1 aliphatic heterocycles. The second-order valence-corrected chi connectivity index (χ2v) is 7.68. The van der Waals surface area contributed by atoms with Crippen molar-refractivity contribution in [1.29, 1.82) is 0 Å². The standard InChI is InChI=1S/C24H15ClFNO2/c1-13-11-15(6-9-19(13)26)18-8-5-14-7-10-20-23(28)21(14)22(18)24(29)27(20)17-4-2-3-16(25)12-17/h2-12,20H,1H3. The number of hydrogen-bond donors (Lipinski definition) is 0. The van der Waals surface area contributed by atoms with Crippen molar-refractivity contribution in [1.82, 2.24) is 0 Å². The zero-order chi connectivity index (χ0) is 20.3. The maximum atomic E-state index is 13.8. The lowest BCUT2D eigenvalue weighted by atomic mass is 9.80. The van der Waals surface area contributed by atoms with Crippen molar-refractivity contribution in [3.8, 4) is 11.1 Å². The van der Waals surface area contributed by atoms with Gasteiger partial charge in [-0.2, -0.15) is 0 Å². The summed E-state index contributed by atoms with van der Waals surface area (Å²) >= 11 is 6.13.